The van der Waals surface area contributed by atoms with Crippen molar-refractivity contribution in [1.29, 1.82) is 0 Å². The van der Waals surface area contributed by atoms with Crippen molar-refractivity contribution in [3.05, 3.63) is 47.1 Å². The van der Waals surface area contributed by atoms with Crippen molar-refractivity contribution in [2.24, 2.45) is 0 Å². The van der Waals surface area contributed by atoms with Gasteiger partial charge in [0.1, 0.15) is 23.4 Å². The summed E-state index contributed by atoms with van der Waals surface area (Å²) in [5.74, 6) is 1.92. The highest BCUT2D eigenvalue weighted by Gasteiger charge is 2.18. The first-order chi connectivity index (χ1) is 10.7. The number of carbonyl (C=O) groups excluding carboxylic acids is 1. The molecular weight excluding hydrogens is 286 g/mol. The van der Waals surface area contributed by atoms with Gasteiger partial charge in [-0.1, -0.05) is 22.4 Å². The van der Waals surface area contributed by atoms with E-state index in [1.165, 1.54) is 0 Å². The van der Waals surface area contributed by atoms with Crippen LogP contribution in [-0.4, -0.2) is 21.6 Å². The molecule has 0 aliphatic rings. The number of benzene rings is 1. The molecule has 0 N–H and O–H groups in total. The summed E-state index contributed by atoms with van der Waals surface area (Å²) in [6.07, 6.45) is 0.761. The van der Waals surface area contributed by atoms with Gasteiger partial charge in [0.25, 0.3) is 5.89 Å². The van der Waals surface area contributed by atoms with Crippen molar-refractivity contribution in [3.8, 4) is 17.2 Å². The lowest BCUT2D eigenvalue weighted by atomic mass is 10.2. The maximum atomic E-state index is 10.7. The van der Waals surface area contributed by atoms with Gasteiger partial charge in [0, 0.05) is 5.56 Å². The molecule has 3 rings (SSSR count). The van der Waals surface area contributed by atoms with Gasteiger partial charge in [-0.2, -0.15) is 4.98 Å². The number of nitrogens with zero attached hydrogens (tertiary/aromatic N) is 3. The summed E-state index contributed by atoms with van der Waals surface area (Å²) in [5.41, 5.74) is 1.93. The molecule has 2 heterocycles. The first-order valence-electron chi connectivity index (χ1n) is 6.61. The highest BCUT2D eigenvalue weighted by molar-refractivity contribution is 5.75. The van der Waals surface area contributed by atoms with E-state index in [-0.39, 0.29) is 6.61 Å². The van der Waals surface area contributed by atoms with E-state index in [0.717, 1.165) is 6.29 Å². The Balaban J connectivity index is 1.73. The number of rotatable bonds is 5. The molecule has 7 heteroatoms. The van der Waals surface area contributed by atoms with E-state index in [4.69, 9.17) is 13.8 Å². The Kier molecular flexibility index (Phi) is 3.69. The van der Waals surface area contributed by atoms with E-state index in [2.05, 4.69) is 15.3 Å². The van der Waals surface area contributed by atoms with E-state index in [1.807, 2.05) is 0 Å². The van der Waals surface area contributed by atoms with Crippen LogP contribution in [0.5, 0.6) is 5.75 Å². The Bertz CT molecular complexity index is 787. The maximum absolute atomic E-state index is 10.7. The van der Waals surface area contributed by atoms with Crippen LogP contribution in [0.4, 0.5) is 0 Å². The lowest BCUT2D eigenvalue weighted by molar-refractivity contribution is 0.112. The fraction of sp³-hybridized carbons (Fsp3) is 0.200. The molecule has 0 aliphatic carbocycles. The van der Waals surface area contributed by atoms with Crippen LogP contribution < -0.4 is 4.74 Å². The molecule has 0 aliphatic heterocycles. The zero-order valence-corrected chi connectivity index (χ0v) is 12.1. The minimum Gasteiger partial charge on any atom is -0.485 e. The third kappa shape index (κ3) is 2.73. The lowest BCUT2D eigenvalue weighted by Crippen LogP contribution is -1.98. The molecule has 0 saturated carbocycles. The Morgan fingerprint density at radius 3 is 2.82 bits per heavy atom. The fourth-order valence-electron chi connectivity index (χ4n) is 2.03. The Labute approximate surface area is 125 Å². The van der Waals surface area contributed by atoms with E-state index in [9.17, 15) is 4.79 Å². The minimum absolute atomic E-state index is 0.134. The molecule has 0 bridgehead atoms. The monoisotopic (exact) mass is 299 g/mol. The summed E-state index contributed by atoms with van der Waals surface area (Å²) in [4.78, 5) is 15.0. The first-order valence-corrected chi connectivity index (χ1v) is 6.61. The molecule has 1 aromatic carbocycles. The Morgan fingerprint density at radius 2 is 2.09 bits per heavy atom. The number of hydrogen-bond donors (Lipinski definition) is 0. The molecule has 2 aromatic heterocycles. The van der Waals surface area contributed by atoms with Gasteiger partial charge in [-0.15, -0.1) is 0 Å². The standard InChI is InChI=1S/C15H13N3O4/c1-9-14(10(2)21-17-9)15-16-13(18-22-15)8-20-12-5-3-4-11(6-12)7-19/h3-7H,8H2,1-2H3. The van der Waals surface area contributed by atoms with Crippen LogP contribution in [0, 0.1) is 13.8 Å². The predicted molar refractivity (Wildman–Crippen MR) is 75.4 cm³/mol. The van der Waals surface area contributed by atoms with Gasteiger partial charge in [0.15, 0.2) is 6.61 Å². The van der Waals surface area contributed by atoms with E-state index < -0.39 is 0 Å². The largest absolute Gasteiger partial charge is 0.485 e. The summed E-state index contributed by atoms with van der Waals surface area (Å²) in [7, 11) is 0. The second-order valence-electron chi connectivity index (χ2n) is 4.69. The van der Waals surface area contributed by atoms with Gasteiger partial charge in [-0.3, -0.25) is 4.79 Å². The molecule has 0 fully saturated rings. The van der Waals surface area contributed by atoms with Crippen molar-refractivity contribution in [2.75, 3.05) is 0 Å². The Hall–Kier alpha value is -2.96. The highest BCUT2D eigenvalue weighted by Crippen LogP contribution is 2.25. The second-order valence-corrected chi connectivity index (χ2v) is 4.69. The smallest absolute Gasteiger partial charge is 0.263 e. The highest BCUT2D eigenvalue weighted by atomic mass is 16.5. The van der Waals surface area contributed by atoms with Gasteiger partial charge in [0.05, 0.1) is 5.69 Å². The predicted octanol–water partition coefficient (Wildman–Crippen LogP) is 2.73. The number of aryl methyl sites for hydroxylation is 2. The van der Waals surface area contributed by atoms with Crippen molar-refractivity contribution in [3.63, 3.8) is 0 Å². The molecular formula is C15H13N3O4. The van der Waals surface area contributed by atoms with Gasteiger partial charge >= 0.3 is 0 Å². The summed E-state index contributed by atoms with van der Waals surface area (Å²) < 4.78 is 15.8. The topological polar surface area (TPSA) is 91.2 Å². The Morgan fingerprint density at radius 1 is 1.23 bits per heavy atom. The van der Waals surface area contributed by atoms with Crippen molar-refractivity contribution < 1.29 is 18.6 Å². The van der Waals surface area contributed by atoms with Gasteiger partial charge in [-0.25, -0.2) is 0 Å². The molecule has 22 heavy (non-hydrogen) atoms. The molecule has 7 nitrogen and oxygen atoms in total. The number of ether oxygens (including phenoxy) is 1. The minimum atomic E-state index is 0.134. The van der Waals surface area contributed by atoms with Gasteiger partial charge in [0.2, 0.25) is 5.82 Å². The third-order valence-corrected chi connectivity index (χ3v) is 3.08. The summed E-state index contributed by atoms with van der Waals surface area (Å²) in [6, 6.07) is 6.83. The van der Waals surface area contributed by atoms with Gasteiger partial charge < -0.3 is 13.8 Å². The number of aldehydes is 1. The van der Waals surface area contributed by atoms with Crippen LogP contribution in [0.1, 0.15) is 27.6 Å². The van der Waals surface area contributed by atoms with Crippen LogP contribution in [0.3, 0.4) is 0 Å². The van der Waals surface area contributed by atoms with Gasteiger partial charge in [-0.05, 0) is 26.0 Å². The van der Waals surface area contributed by atoms with Crippen molar-refractivity contribution >= 4 is 6.29 Å². The molecule has 3 aromatic rings. The van der Waals surface area contributed by atoms with Crippen LogP contribution >= 0.6 is 0 Å². The molecule has 0 unspecified atom stereocenters. The number of carbonyl (C=O) groups is 1. The number of aromatic nitrogens is 3. The molecule has 0 saturated heterocycles. The van der Waals surface area contributed by atoms with Crippen LogP contribution in [0.25, 0.3) is 11.5 Å². The average molecular weight is 299 g/mol. The van der Waals surface area contributed by atoms with Crippen LogP contribution in [0.15, 0.2) is 33.3 Å². The molecule has 0 spiro atoms. The zero-order valence-electron chi connectivity index (χ0n) is 12.1. The SMILES string of the molecule is Cc1noc(C)c1-c1nc(COc2cccc(C=O)c2)no1. The van der Waals surface area contributed by atoms with Crippen LogP contribution in [0.2, 0.25) is 0 Å². The second kappa shape index (κ2) is 5.80. The zero-order chi connectivity index (χ0) is 15.5. The fourth-order valence-corrected chi connectivity index (χ4v) is 2.03. The molecule has 112 valence electrons. The molecule has 0 radical (unpaired) electrons. The quantitative estimate of drug-likeness (QED) is 0.669. The van der Waals surface area contributed by atoms with Crippen molar-refractivity contribution in [2.45, 2.75) is 20.5 Å². The van der Waals surface area contributed by atoms with Crippen LogP contribution in [-0.2, 0) is 6.61 Å². The third-order valence-electron chi connectivity index (χ3n) is 3.08. The average Bonchev–Trinajstić information content (AvgIpc) is 3.12. The van der Waals surface area contributed by atoms with E-state index in [0.29, 0.717) is 40.0 Å². The number of hydrogen-bond acceptors (Lipinski definition) is 7. The normalized spacial score (nSPS) is 10.6. The van der Waals surface area contributed by atoms with E-state index >= 15 is 0 Å². The lowest BCUT2D eigenvalue weighted by Gasteiger charge is -2.02. The summed E-state index contributed by atoms with van der Waals surface area (Å²) in [6.45, 7) is 3.72. The summed E-state index contributed by atoms with van der Waals surface area (Å²) >= 11 is 0. The van der Waals surface area contributed by atoms with Crippen molar-refractivity contribution in [1.82, 2.24) is 15.3 Å². The summed E-state index contributed by atoms with van der Waals surface area (Å²) in [5, 5.41) is 7.71. The van der Waals surface area contributed by atoms with E-state index in [1.54, 1.807) is 38.1 Å². The molecule has 0 atom stereocenters. The molecule has 0 amide bonds. The maximum Gasteiger partial charge on any atom is 0.263 e. The first kappa shape index (κ1) is 14.0.